The second-order valence-corrected chi connectivity index (χ2v) is 5.55. The number of hydrazone groups is 1. The highest BCUT2D eigenvalue weighted by molar-refractivity contribution is 5.97. The van der Waals surface area contributed by atoms with Crippen LogP contribution in [0.2, 0.25) is 0 Å². The number of rotatable bonds is 4. The van der Waals surface area contributed by atoms with Gasteiger partial charge in [-0.1, -0.05) is 30.3 Å². The van der Waals surface area contributed by atoms with Gasteiger partial charge in [0.25, 0.3) is 5.91 Å². The lowest BCUT2D eigenvalue weighted by molar-refractivity contribution is 0.0952. The van der Waals surface area contributed by atoms with E-state index in [-0.39, 0.29) is 11.3 Å². The first-order valence-corrected chi connectivity index (χ1v) is 7.81. The molecule has 126 valence electrons. The van der Waals surface area contributed by atoms with Gasteiger partial charge in [0.15, 0.2) is 0 Å². The number of carbonyl (C=O) groups excluding carboxylic acids is 1. The predicted molar refractivity (Wildman–Crippen MR) is 96.2 cm³/mol. The van der Waals surface area contributed by atoms with Crippen LogP contribution in [0.5, 0.6) is 5.75 Å². The molecule has 3 rings (SSSR count). The standard InChI is InChI=1S/C19H18N4O2/c1-13-17(14(2)23(22-13)15-8-4-3-5-9-15)12-20-21-19(25)16-10-6-7-11-18(16)24/h3-12,24H,1-2H3,(H,21,25)/b20-12-. The molecule has 3 aromatic rings. The second-order valence-electron chi connectivity index (χ2n) is 5.55. The summed E-state index contributed by atoms with van der Waals surface area (Å²) >= 11 is 0. The average Bonchev–Trinajstić information content (AvgIpc) is 2.91. The van der Waals surface area contributed by atoms with Crippen LogP contribution in [0, 0.1) is 13.8 Å². The average molecular weight is 334 g/mol. The first kappa shape index (κ1) is 16.4. The lowest BCUT2D eigenvalue weighted by Gasteiger charge is -2.04. The van der Waals surface area contributed by atoms with Crippen molar-refractivity contribution in [2.45, 2.75) is 13.8 Å². The van der Waals surface area contributed by atoms with Gasteiger partial charge in [-0.05, 0) is 38.1 Å². The molecule has 0 spiro atoms. The number of carbonyl (C=O) groups is 1. The fraction of sp³-hybridized carbons (Fsp3) is 0.105. The second kappa shape index (κ2) is 7.00. The van der Waals surface area contributed by atoms with Crippen LogP contribution in [-0.4, -0.2) is 27.0 Å². The summed E-state index contributed by atoms with van der Waals surface area (Å²) in [7, 11) is 0. The topological polar surface area (TPSA) is 79.5 Å². The highest BCUT2D eigenvalue weighted by Crippen LogP contribution is 2.17. The number of para-hydroxylation sites is 2. The summed E-state index contributed by atoms with van der Waals surface area (Å²) in [4.78, 5) is 12.0. The molecule has 0 fully saturated rings. The first-order chi connectivity index (χ1) is 12.1. The molecule has 6 nitrogen and oxygen atoms in total. The number of aromatic hydroxyl groups is 1. The molecule has 0 saturated carbocycles. The summed E-state index contributed by atoms with van der Waals surface area (Å²) in [5.41, 5.74) is 6.12. The molecule has 0 saturated heterocycles. The third-order valence-corrected chi connectivity index (χ3v) is 3.86. The number of phenolic OH excluding ortho intramolecular Hbond substituents is 1. The van der Waals surface area contributed by atoms with Crippen LogP contribution in [0.4, 0.5) is 0 Å². The molecule has 0 unspecified atom stereocenters. The van der Waals surface area contributed by atoms with Crippen LogP contribution in [0.3, 0.4) is 0 Å². The van der Waals surface area contributed by atoms with E-state index in [4.69, 9.17) is 0 Å². The van der Waals surface area contributed by atoms with Crippen LogP contribution in [0.1, 0.15) is 27.3 Å². The fourth-order valence-corrected chi connectivity index (χ4v) is 2.54. The molecule has 25 heavy (non-hydrogen) atoms. The van der Waals surface area contributed by atoms with Crippen molar-refractivity contribution in [2.24, 2.45) is 5.10 Å². The van der Waals surface area contributed by atoms with E-state index in [1.165, 1.54) is 12.1 Å². The summed E-state index contributed by atoms with van der Waals surface area (Å²) in [6.07, 6.45) is 1.56. The Labute approximate surface area is 145 Å². The number of hydrogen-bond acceptors (Lipinski definition) is 4. The lowest BCUT2D eigenvalue weighted by atomic mass is 10.2. The monoisotopic (exact) mass is 334 g/mol. The largest absolute Gasteiger partial charge is 0.507 e. The van der Waals surface area contributed by atoms with Crippen LogP contribution in [0.25, 0.3) is 5.69 Å². The molecule has 2 aromatic carbocycles. The molecular weight excluding hydrogens is 316 g/mol. The van der Waals surface area contributed by atoms with E-state index in [2.05, 4.69) is 15.6 Å². The smallest absolute Gasteiger partial charge is 0.275 e. The molecular formula is C19H18N4O2. The van der Waals surface area contributed by atoms with Gasteiger partial charge < -0.3 is 5.11 Å². The van der Waals surface area contributed by atoms with Gasteiger partial charge in [-0.25, -0.2) is 10.1 Å². The van der Waals surface area contributed by atoms with Crippen molar-refractivity contribution >= 4 is 12.1 Å². The highest BCUT2D eigenvalue weighted by atomic mass is 16.3. The molecule has 0 radical (unpaired) electrons. The summed E-state index contributed by atoms with van der Waals surface area (Å²) in [5.74, 6) is -0.556. The third-order valence-electron chi connectivity index (χ3n) is 3.86. The molecule has 1 aromatic heterocycles. The summed E-state index contributed by atoms with van der Waals surface area (Å²) in [6, 6.07) is 16.1. The minimum absolute atomic E-state index is 0.0838. The Morgan fingerprint density at radius 1 is 1.12 bits per heavy atom. The van der Waals surface area contributed by atoms with Gasteiger partial charge in [-0.3, -0.25) is 4.79 Å². The van der Waals surface area contributed by atoms with Gasteiger partial charge in [-0.15, -0.1) is 0 Å². The number of aromatic nitrogens is 2. The SMILES string of the molecule is Cc1nn(-c2ccccc2)c(C)c1/C=N\NC(=O)c1ccccc1O. The summed E-state index contributed by atoms with van der Waals surface area (Å²) in [6.45, 7) is 3.83. The first-order valence-electron chi connectivity index (χ1n) is 7.81. The maximum atomic E-state index is 12.0. The number of nitrogens with zero attached hydrogens (tertiary/aromatic N) is 3. The summed E-state index contributed by atoms with van der Waals surface area (Å²) in [5, 5.41) is 18.2. The van der Waals surface area contributed by atoms with Crippen molar-refractivity contribution in [1.29, 1.82) is 0 Å². The van der Waals surface area contributed by atoms with Gasteiger partial charge >= 0.3 is 0 Å². The van der Waals surface area contributed by atoms with Gasteiger partial charge in [0.2, 0.25) is 0 Å². The Kier molecular flexibility index (Phi) is 4.61. The maximum absolute atomic E-state index is 12.0. The zero-order chi connectivity index (χ0) is 17.8. The Balaban J connectivity index is 1.80. The van der Waals surface area contributed by atoms with E-state index in [1.54, 1.807) is 18.3 Å². The van der Waals surface area contributed by atoms with Crippen molar-refractivity contribution in [2.75, 3.05) is 0 Å². The Hall–Kier alpha value is -3.41. The molecule has 1 amide bonds. The van der Waals surface area contributed by atoms with Gasteiger partial charge in [0.05, 0.1) is 28.9 Å². The molecule has 0 atom stereocenters. The highest BCUT2D eigenvalue weighted by Gasteiger charge is 2.12. The zero-order valence-corrected chi connectivity index (χ0v) is 14.0. The molecule has 0 bridgehead atoms. The predicted octanol–water partition coefficient (Wildman–Crippen LogP) is 2.96. The molecule has 1 heterocycles. The van der Waals surface area contributed by atoms with Crippen molar-refractivity contribution in [3.8, 4) is 11.4 Å². The Bertz CT molecular complexity index is 930. The minimum atomic E-state index is -0.472. The maximum Gasteiger partial charge on any atom is 0.275 e. The van der Waals surface area contributed by atoms with Crippen molar-refractivity contribution in [1.82, 2.24) is 15.2 Å². The van der Waals surface area contributed by atoms with Crippen LogP contribution in [-0.2, 0) is 0 Å². The minimum Gasteiger partial charge on any atom is -0.507 e. The zero-order valence-electron chi connectivity index (χ0n) is 14.0. The number of phenols is 1. The quantitative estimate of drug-likeness (QED) is 0.569. The Morgan fingerprint density at radius 2 is 1.80 bits per heavy atom. The van der Waals surface area contributed by atoms with E-state index < -0.39 is 5.91 Å². The van der Waals surface area contributed by atoms with Crippen LogP contribution in [0.15, 0.2) is 59.7 Å². The summed E-state index contributed by atoms with van der Waals surface area (Å²) < 4.78 is 1.83. The lowest BCUT2D eigenvalue weighted by Crippen LogP contribution is -2.17. The van der Waals surface area contributed by atoms with Crippen molar-refractivity contribution < 1.29 is 9.90 Å². The van der Waals surface area contributed by atoms with E-state index >= 15 is 0 Å². The number of benzene rings is 2. The van der Waals surface area contributed by atoms with Gasteiger partial charge in [0, 0.05) is 5.56 Å². The van der Waals surface area contributed by atoms with Crippen molar-refractivity contribution in [3.63, 3.8) is 0 Å². The van der Waals surface area contributed by atoms with Crippen molar-refractivity contribution in [3.05, 3.63) is 77.1 Å². The van der Waals surface area contributed by atoms with Gasteiger partial charge in [0.1, 0.15) is 5.75 Å². The molecule has 0 aliphatic heterocycles. The number of amides is 1. The molecule has 0 aliphatic carbocycles. The van der Waals surface area contributed by atoms with E-state index in [0.717, 1.165) is 22.6 Å². The normalized spacial score (nSPS) is 11.0. The van der Waals surface area contributed by atoms with E-state index in [1.807, 2.05) is 48.9 Å². The number of aryl methyl sites for hydroxylation is 1. The number of hydrogen-bond donors (Lipinski definition) is 2. The molecule has 0 aliphatic rings. The third kappa shape index (κ3) is 3.42. The number of nitrogens with one attached hydrogen (secondary N) is 1. The van der Waals surface area contributed by atoms with E-state index in [9.17, 15) is 9.90 Å². The van der Waals surface area contributed by atoms with Gasteiger partial charge in [-0.2, -0.15) is 10.2 Å². The molecule has 2 N–H and O–H groups in total. The fourth-order valence-electron chi connectivity index (χ4n) is 2.54. The van der Waals surface area contributed by atoms with E-state index in [0.29, 0.717) is 0 Å². The van der Waals surface area contributed by atoms with Crippen LogP contribution < -0.4 is 5.43 Å². The molecule has 6 heteroatoms. The van der Waals surface area contributed by atoms with Crippen LogP contribution >= 0.6 is 0 Å². The Morgan fingerprint density at radius 3 is 2.52 bits per heavy atom.